The molecule has 1 amide bonds. The number of rotatable bonds is 1. The largest absolute Gasteiger partial charge is 0.415 e. The van der Waals surface area contributed by atoms with E-state index in [2.05, 4.69) is 25.2 Å². The normalized spacial score (nSPS) is 19.2. The third-order valence-corrected chi connectivity index (χ3v) is 1.89. The Morgan fingerprint density at radius 1 is 1.62 bits per heavy atom. The summed E-state index contributed by atoms with van der Waals surface area (Å²) in [6, 6.07) is 0. The van der Waals surface area contributed by atoms with Gasteiger partial charge in [0, 0.05) is 13.5 Å². The summed E-state index contributed by atoms with van der Waals surface area (Å²) in [6.45, 7) is 4.20. The van der Waals surface area contributed by atoms with Crippen molar-refractivity contribution >= 4 is 6.09 Å². The Bertz CT molecular complexity index is 264. The minimum Gasteiger partial charge on any atom is -0.415 e. The van der Waals surface area contributed by atoms with Gasteiger partial charge >= 0.3 is 6.09 Å². The van der Waals surface area contributed by atoms with E-state index in [0.29, 0.717) is 5.76 Å². The number of hydrogen-bond donors (Lipinski definition) is 1. The zero-order valence-electron chi connectivity index (χ0n) is 8.26. The van der Waals surface area contributed by atoms with E-state index in [4.69, 9.17) is 4.74 Å². The highest BCUT2D eigenvalue weighted by Crippen LogP contribution is 2.30. The fraction of sp³-hybridized carbons (Fsp3) is 0.500. The molecule has 3 nitrogen and oxygen atoms in total. The maximum atomic E-state index is 10.9. The molecule has 0 radical (unpaired) electrons. The van der Waals surface area contributed by atoms with E-state index in [0.717, 1.165) is 6.42 Å². The average molecular weight is 181 g/mol. The van der Waals surface area contributed by atoms with Crippen molar-refractivity contribution in [2.24, 2.45) is 5.41 Å². The van der Waals surface area contributed by atoms with Crippen LogP contribution < -0.4 is 5.32 Å². The van der Waals surface area contributed by atoms with Gasteiger partial charge in [-0.1, -0.05) is 26.0 Å². The van der Waals surface area contributed by atoms with Crippen LogP contribution in [-0.2, 0) is 4.74 Å². The van der Waals surface area contributed by atoms with Gasteiger partial charge in [-0.3, -0.25) is 0 Å². The summed E-state index contributed by atoms with van der Waals surface area (Å²) in [7, 11) is 1.55. The summed E-state index contributed by atoms with van der Waals surface area (Å²) in [4.78, 5) is 10.9. The number of alkyl carbamates (subject to hydrolysis) is 1. The van der Waals surface area contributed by atoms with E-state index < -0.39 is 6.09 Å². The monoisotopic (exact) mass is 181 g/mol. The fourth-order valence-electron chi connectivity index (χ4n) is 1.22. The second-order valence-corrected chi connectivity index (χ2v) is 3.80. The lowest BCUT2D eigenvalue weighted by Crippen LogP contribution is -2.21. The van der Waals surface area contributed by atoms with Gasteiger partial charge in [-0.05, 0) is 11.5 Å². The molecule has 0 bridgehead atoms. The van der Waals surface area contributed by atoms with Gasteiger partial charge in [-0.15, -0.1) is 0 Å². The maximum Gasteiger partial charge on any atom is 0.412 e. The Balaban J connectivity index is 2.58. The highest BCUT2D eigenvalue weighted by Gasteiger charge is 2.20. The highest BCUT2D eigenvalue weighted by atomic mass is 16.6. The molecule has 0 unspecified atom stereocenters. The Hall–Kier alpha value is -1.25. The fourth-order valence-corrected chi connectivity index (χ4v) is 1.22. The van der Waals surface area contributed by atoms with Crippen molar-refractivity contribution in [3.63, 3.8) is 0 Å². The first kappa shape index (κ1) is 9.84. The molecule has 1 aliphatic rings. The van der Waals surface area contributed by atoms with Crippen molar-refractivity contribution < 1.29 is 9.53 Å². The molecule has 0 saturated carbocycles. The lowest BCUT2D eigenvalue weighted by Gasteiger charge is -2.24. The molecule has 0 atom stereocenters. The third-order valence-electron chi connectivity index (χ3n) is 1.89. The molecule has 1 rings (SSSR count). The van der Waals surface area contributed by atoms with E-state index in [1.54, 1.807) is 7.05 Å². The zero-order valence-corrected chi connectivity index (χ0v) is 8.26. The molecular formula is C10H15NO2. The zero-order chi connectivity index (χ0) is 9.90. The van der Waals surface area contributed by atoms with Crippen molar-refractivity contribution in [3.8, 4) is 0 Å². The molecule has 0 heterocycles. The first-order valence-corrected chi connectivity index (χ1v) is 4.31. The molecule has 0 fully saturated rings. The van der Waals surface area contributed by atoms with Gasteiger partial charge < -0.3 is 10.1 Å². The summed E-state index contributed by atoms with van der Waals surface area (Å²) in [6.07, 6.45) is 6.19. The molecule has 3 heteroatoms. The van der Waals surface area contributed by atoms with Crippen molar-refractivity contribution in [3.05, 3.63) is 24.0 Å². The molecule has 72 valence electrons. The number of allylic oxidation sites excluding steroid dienone is 4. The predicted octanol–water partition coefficient (Wildman–Crippen LogP) is 2.21. The van der Waals surface area contributed by atoms with E-state index in [1.165, 1.54) is 0 Å². The first-order valence-electron chi connectivity index (χ1n) is 4.31. The Kier molecular flexibility index (Phi) is 2.76. The van der Waals surface area contributed by atoms with Crippen LogP contribution in [0, 0.1) is 5.41 Å². The summed E-state index contributed by atoms with van der Waals surface area (Å²) in [5.74, 6) is 0.715. The topological polar surface area (TPSA) is 38.3 Å². The summed E-state index contributed by atoms with van der Waals surface area (Å²) < 4.78 is 5.04. The van der Waals surface area contributed by atoms with E-state index in [1.807, 2.05) is 12.2 Å². The molecule has 0 aromatic carbocycles. The van der Waals surface area contributed by atoms with Crippen LogP contribution in [0.15, 0.2) is 24.0 Å². The van der Waals surface area contributed by atoms with Crippen LogP contribution in [0.5, 0.6) is 0 Å². The van der Waals surface area contributed by atoms with Gasteiger partial charge in [-0.25, -0.2) is 4.79 Å². The quantitative estimate of drug-likeness (QED) is 0.673. The predicted molar refractivity (Wildman–Crippen MR) is 51.2 cm³/mol. The van der Waals surface area contributed by atoms with Crippen molar-refractivity contribution in [2.45, 2.75) is 20.3 Å². The van der Waals surface area contributed by atoms with E-state index >= 15 is 0 Å². The molecular weight excluding hydrogens is 166 g/mol. The van der Waals surface area contributed by atoms with Crippen molar-refractivity contribution in [1.29, 1.82) is 0 Å². The maximum absolute atomic E-state index is 10.9. The van der Waals surface area contributed by atoms with Gasteiger partial charge in [0.15, 0.2) is 0 Å². The summed E-state index contributed by atoms with van der Waals surface area (Å²) >= 11 is 0. The number of carbonyl (C=O) groups excluding carboxylic acids is 1. The van der Waals surface area contributed by atoms with Crippen molar-refractivity contribution in [2.75, 3.05) is 7.05 Å². The lowest BCUT2D eigenvalue weighted by atomic mass is 9.85. The van der Waals surface area contributed by atoms with E-state index in [-0.39, 0.29) is 5.41 Å². The standard InChI is InChI=1S/C10H15NO2/c1-10(2)6-4-5-8(7-10)13-9(12)11-3/h4-6H,7H2,1-3H3,(H,11,12). The van der Waals surface area contributed by atoms with Crippen LogP contribution >= 0.6 is 0 Å². The number of carbonyl (C=O) groups is 1. The lowest BCUT2D eigenvalue weighted by molar-refractivity contribution is 0.169. The molecule has 0 aromatic heterocycles. The minimum atomic E-state index is -0.405. The second kappa shape index (κ2) is 3.64. The number of ether oxygens (including phenoxy) is 1. The van der Waals surface area contributed by atoms with Gasteiger partial charge in [-0.2, -0.15) is 0 Å². The average Bonchev–Trinajstić information content (AvgIpc) is 2.02. The van der Waals surface area contributed by atoms with Crippen LogP contribution in [-0.4, -0.2) is 13.1 Å². The van der Waals surface area contributed by atoms with Crippen LogP contribution in [0.3, 0.4) is 0 Å². The van der Waals surface area contributed by atoms with Gasteiger partial charge in [0.1, 0.15) is 5.76 Å². The summed E-state index contributed by atoms with van der Waals surface area (Å²) in [5.41, 5.74) is 0.0815. The van der Waals surface area contributed by atoms with E-state index in [9.17, 15) is 4.79 Å². The van der Waals surface area contributed by atoms with Gasteiger partial charge in [0.25, 0.3) is 0 Å². The molecule has 1 aliphatic carbocycles. The Labute approximate surface area is 78.5 Å². The highest BCUT2D eigenvalue weighted by molar-refractivity contribution is 5.68. The van der Waals surface area contributed by atoms with Crippen LogP contribution in [0.2, 0.25) is 0 Å². The van der Waals surface area contributed by atoms with Gasteiger partial charge in [0.2, 0.25) is 0 Å². The number of hydrogen-bond acceptors (Lipinski definition) is 2. The van der Waals surface area contributed by atoms with Gasteiger partial charge in [0.05, 0.1) is 0 Å². The van der Waals surface area contributed by atoms with Crippen LogP contribution in [0.1, 0.15) is 20.3 Å². The van der Waals surface area contributed by atoms with Crippen LogP contribution in [0.25, 0.3) is 0 Å². The Morgan fingerprint density at radius 3 is 2.85 bits per heavy atom. The molecule has 0 spiro atoms. The minimum absolute atomic E-state index is 0.0815. The molecule has 13 heavy (non-hydrogen) atoms. The molecule has 1 N–H and O–H groups in total. The Morgan fingerprint density at radius 2 is 2.31 bits per heavy atom. The third kappa shape index (κ3) is 2.93. The molecule has 0 aromatic rings. The smallest absolute Gasteiger partial charge is 0.412 e. The number of nitrogens with one attached hydrogen (secondary N) is 1. The number of amides is 1. The second-order valence-electron chi connectivity index (χ2n) is 3.80. The molecule has 0 aliphatic heterocycles. The van der Waals surface area contributed by atoms with Crippen LogP contribution in [0.4, 0.5) is 4.79 Å². The molecule has 0 saturated heterocycles. The SMILES string of the molecule is CNC(=O)OC1=CC=CC(C)(C)C1. The van der Waals surface area contributed by atoms with Crippen molar-refractivity contribution in [1.82, 2.24) is 5.32 Å². The first-order chi connectivity index (χ1) is 6.03. The summed E-state index contributed by atoms with van der Waals surface area (Å²) in [5, 5.41) is 2.41.